The fourth-order valence-electron chi connectivity index (χ4n) is 6.65. The van der Waals surface area contributed by atoms with E-state index >= 15 is 0 Å². The van der Waals surface area contributed by atoms with Crippen molar-refractivity contribution in [3.8, 4) is 22.3 Å². The molecule has 58 heavy (non-hydrogen) atoms. The van der Waals surface area contributed by atoms with Crippen LogP contribution < -0.4 is 39.7 Å². The van der Waals surface area contributed by atoms with Crippen LogP contribution in [-0.4, -0.2) is 60.5 Å². The van der Waals surface area contributed by atoms with Gasteiger partial charge >= 0.3 is 0 Å². The predicted molar refractivity (Wildman–Crippen MR) is 231 cm³/mol. The molecule has 14 heteroatoms. The van der Waals surface area contributed by atoms with E-state index in [0.29, 0.717) is 17.9 Å². The Labute approximate surface area is 344 Å². The molecule has 0 fully saturated rings. The first-order valence-corrected chi connectivity index (χ1v) is 19.7. The van der Waals surface area contributed by atoms with Crippen LogP contribution in [0, 0.1) is 11.8 Å². The van der Waals surface area contributed by atoms with E-state index in [4.69, 9.17) is 46.0 Å². The number of hydrogen-bond acceptors (Lipinski definition) is 7. The van der Waals surface area contributed by atoms with Gasteiger partial charge in [0.1, 0.15) is 0 Å². The highest BCUT2D eigenvalue weighted by Gasteiger charge is 2.31. The number of amides is 2. The van der Waals surface area contributed by atoms with Crippen molar-refractivity contribution in [1.29, 1.82) is 0 Å². The summed E-state index contributed by atoms with van der Waals surface area (Å²) in [5.41, 5.74) is 39.6. The number of rotatable bonds is 23. The second-order valence-electron chi connectivity index (χ2n) is 14.4. The number of carbonyl (C=O) groups is 4. The van der Waals surface area contributed by atoms with Crippen molar-refractivity contribution < 1.29 is 19.2 Å². The molecule has 0 aromatic heterocycles. The molecule has 0 spiro atoms. The van der Waals surface area contributed by atoms with Gasteiger partial charge in [-0.2, -0.15) is 0 Å². The minimum atomic E-state index is -1.03. The molecule has 4 atom stereocenters. The zero-order valence-corrected chi connectivity index (χ0v) is 33.3. The third-order valence-electron chi connectivity index (χ3n) is 9.87. The third-order valence-corrected chi connectivity index (χ3v) is 10.1. The number of hydrogen-bond donors (Lipinski definition) is 7. The Balaban J connectivity index is 1.52. The Morgan fingerprint density at radius 3 is 1.64 bits per heavy atom. The van der Waals surface area contributed by atoms with E-state index in [1.54, 1.807) is 6.07 Å². The smallest absolute Gasteiger partial charge is 0.224 e. The van der Waals surface area contributed by atoms with Gasteiger partial charge in [0, 0.05) is 42.8 Å². The monoisotopic (exact) mass is 807 g/mol. The summed E-state index contributed by atoms with van der Waals surface area (Å²) in [5, 5.41) is 3.55. The fraction of sp³-hybridized carbons (Fsp3) is 0.318. The van der Waals surface area contributed by atoms with E-state index in [9.17, 15) is 19.2 Å². The number of guanidine groups is 2. The summed E-state index contributed by atoms with van der Waals surface area (Å²) >= 11 is 6.17. The van der Waals surface area contributed by atoms with Crippen LogP contribution in [0.3, 0.4) is 0 Å². The van der Waals surface area contributed by atoms with Crippen molar-refractivity contribution in [3.63, 3.8) is 0 Å². The average molecular weight is 808 g/mol. The third kappa shape index (κ3) is 14.8. The summed E-state index contributed by atoms with van der Waals surface area (Å²) in [6, 6.07) is 30.8. The number of halogens is 1. The maximum atomic E-state index is 14.1. The van der Waals surface area contributed by atoms with Crippen molar-refractivity contribution in [3.05, 3.63) is 119 Å². The van der Waals surface area contributed by atoms with E-state index in [1.165, 1.54) is 0 Å². The maximum absolute atomic E-state index is 14.1. The molecule has 13 N–H and O–H groups in total. The molecule has 4 aromatic carbocycles. The van der Waals surface area contributed by atoms with Crippen molar-refractivity contribution in [2.75, 3.05) is 13.1 Å². The molecule has 13 nitrogen and oxygen atoms in total. The van der Waals surface area contributed by atoms with E-state index in [0.717, 1.165) is 33.4 Å². The van der Waals surface area contributed by atoms with E-state index in [2.05, 4.69) is 15.3 Å². The molecule has 0 saturated heterocycles. The zero-order valence-electron chi connectivity index (χ0n) is 32.6. The van der Waals surface area contributed by atoms with E-state index < -0.39 is 35.7 Å². The van der Waals surface area contributed by atoms with Crippen LogP contribution in [0.15, 0.2) is 113 Å². The molecule has 0 heterocycles. The normalized spacial score (nSPS) is 13.0. The quantitative estimate of drug-likeness (QED) is 0.0324. The van der Waals surface area contributed by atoms with E-state index in [-0.39, 0.29) is 75.1 Å². The number of benzene rings is 4. The summed E-state index contributed by atoms with van der Waals surface area (Å²) in [6.45, 7) is 0.502. The highest BCUT2D eigenvalue weighted by Crippen LogP contribution is 2.25. The molecule has 4 aromatic rings. The SMILES string of the molecule is NC(=O)[C@H](CCCN=C(N)N)CC(=O)[C@H](Cc1ccc(-c2ccccc2)cc1)NC(=O)[C@H](CCCN=C(N)N)CC(=O)[C@@H](N)Cc1ccc(-c2cccc(Cl)c2)cc1. The van der Waals surface area contributed by atoms with E-state index in [1.807, 2.05) is 97.1 Å². The summed E-state index contributed by atoms with van der Waals surface area (Å²) in [7, 11) is 0. The second kappa shape index (κ2) is 22.6. The minimum absolute atomic E-state index is 0.0800. The van der Waals surface area contributed by atoms with Crippen LogP contribution in [0.25, 0.3) is 22.3 Å². The van der Waals surface area contributed by atoms with Gasteiger partial charge in [-0.3, -0.25) is 29.2 Å². The maximum Gasteiger partial charge on any atom is 0.224 e. The Morgan fingerprint density at radius 1 is 0.586 bits per heavy atom. The first kappa shape index (κ1) is 44.7. The minimum Gasteiger partial charge on any atom is -0.370 e. The standard InChI is InChI=1S/C44H54ClN9O4/c45-36-12-4-9-33(25-36)32-19-13-28(14-20-32)23-37(46)39(55)27-35(11-6-22-53-44(50)51)42(58)54-38(40(56)26-34(41(47)57)10-5-21-52-43(48)49)24-29-15-17-31(18-16-29)30-7-2-1-3-8-30/h1-4,7-9,12-20,25,34-35,37-38H,5-6,10-11,21-24,26-27,46H2,(H2,47,57)(H,54,58)(H4,48,49,52)(H4,50,51,53)/t34-,35-,37+,38+/m1/s1. The number of primary amides is 1. The van der Waals surface area contributed by atoms with Crippen LogP contribution in [0.5, 0.6) is 0 Å². The fourth-order valence-corrected chi connectivity index (χ4v) is 6.84. The lowest BCUT2D eigenvalue weighted by atomic mass is 9.89. The molecule has 306 valence electrons. The van der Waals surface area contributed by atoms with Crippen LogP contribution >= 0.6 is 11.6 Å². The summed E-state index contributed by atoms with van der Waals surface area (Å²) in [5.74, 6) is -3.67. The summed E-state index contributed by atoms with van der Waals surface area (Å²) < 4.78 is 0. The number of nitrogens with two attached hydrogens (primary N) is 6. The van der Waals surface area contributed by atoms with Gasteiger partial charge in [0.15, 0.2) is 23.5 Å². The van der Waals surface area contributed by atoms with Crippen LogP contribution in [-0.2, 0) is 32.0 Å². The van der Waals surface area contributed by atoms with Gasteiger partial charge in [-0.15, -0.1) is 0 Å². The summed E-state index contributed by atoms with van der Waals surface area (Å²) in [6.07, 6.45) is 1.35. The van der Waals surface area contributed by atoms with Gasteiger partial charge in [-0.05, 0) is 84.0 Å². The highest BCUT2D eigenvalue weighted by atomic mass is 35.5. The van der Waals surface area contributed by atoms with Gasteiger partial charge in [0.2, 0.25) is 11.8 Å². The first-order valence-electron chi connectivity index (χ1n) is 19.3. The lowest BCUT2D eigenvalue weighted by molar-refractivity contribution is -0.134. The van der Waals surface area contributed by atoms with Crippen LogP contribution in [0.4, 0.5) is 0 Å². The van der Waals surface area contributed by atoms with Crippen molar-refractivity contribution >= 4 is 46.9 Å². The molecule has 0 saturated carbocycles. The molecule has 4 rings (SSSR count). The molecular weight excluding hydrogens is 754 g/mol. The van der Waals surface area contributed by atoms with Crippen molar-refractivity contribution in [2.24, 2.45) is 56.2 Å². The molecule has 0 bridgehead atoms. The lowest BCUT2D eigenvalue weighted by Gasteiger charge is -2.24. The Kier molecular flexibility index (Phi) is 17.4. The Bertz CT molecular complexity index is 2030. The molecular formula is C44H54ClN9O4. The van der Waals surface area contributed by atoms with Crippen LogP contribution in [0.2, 0.25) is 5.02 Å². The molecule has 0 aliphatic heterocycles. The van der Waals surface area contributed by atoms with Crippen LogP contribution in [0.1, 0.15) is 49.7 Å². The molecule has 0 unspecified atom stereocenters. The van der Waals surface area contributed by atoms with Gasteiger partial charge in [0.05, 0.1) is 12.1 Å². The summed E-state index contributed by atoms with van der Waals surface area (Å²) in [4.78, 5) is 62.2. The number of nitrogens with one attached hydrogen (secondary N) is 1. The average Bonchev–Trinajstić information content (AvgIpc) is 3.20. The van der Waals surface area contributed by atoms with Gasteiger partial charge in [0.25, 0.3) is 0 Å². The number of ketones is 2. The van der Waals surface area contributed by atoms with Gasteiger partial charge in [-0.25, -0.2) is 0 Å². The molecule has 0 aliphatic carbocycles. The topological polar surface area (TPSA) is 261 Å². The first-order chi connectivity index (χ1) is 27.8. The van der Waals surface area contributed by atoms with Crippen molar-refractivity contribution in [1.82, 2.24) is 5.32 Å². The van der Waals surface area contributed by atoms with Crippen molar-refractivity contribution in [2.45, 2.75) is 63.5 Å². The number of nitrogens with zero attached hydrogens (tertiary/aromatic N) is 2. The second-order valence-corrected chi connectivity index (χ2v) is 14.8. The highest BCUT2D eigenvalue weighted by molar-refractivity contribution is 6.30. The zero-order chi connectivity index (χ0) is 42.0. The number of Topliss-reactive ketones (excluding diaryl/α,β-unsaturated/α-hetero) is 2. The number of aliphatic imine (C=N–C) groups is 2. The largest absolute Gasteiger partial charge is 0.370 e. The van der Waals surface area contributed by atoms with Gasteiger partial charge in [-0.1, -0.05) is 103 Å². The van der Waals surface area contributed by atoms with Gasteiger partial charge < -0.3 is 39.7 Å². The Morgan fingerprint density at radius 2 is 1.09 bits per heavy atom. The molecule has 0 aliphatic rings. The molecule has 2 amide bonds. The Hall–Kier alpha value is -6.05. The predicted octanol–water partition coefficient (Wildman–Crippen LogP) is 4.01. The lowest BCUT2D eigenvalue weighted by Crippen LogP contribution is -2.47. The molecule has 0 radical (unpaired) electrons. The number of carbonyl (C=O) groups excluding carboxylic acids is 4.